The van der Waals surface area contributed by atoms with Gasteiger partial charge in [0.25, 0.3) is 0 Å². The van der Waals surface area contributed by atoms with Gasteiger partial charge in [0.15, 0.2) is 6.10 Å². The summed E-state index contributed by atoms with van der Waals surface area (Å²) in [6, 6.07) is 5.40. The van der Waals surface area contributed by atoms with Crippen LogP contribution in [0.4, 0.5) is 0 Å². The number of nitrogens with zero attached hydrogens (tertiary/aromatic N) is 1. The van der Waals surface area contributed by atoms with Gasteiger partial charge in [-0.15, -0.1) is 0 Å². The number of hydrogen-bond donors (Lipinski definition) is 0. The lowest BCUT2D eigenvalue weighted by Crippen LogP contribution is -2.05. The highest BCUT2D eigenvalue weighted by molar-refractivity contribution is 5.53. The Balaban J connectivity index is 3.39. The summed E-state index contributed by atoms with van der Waals surface area (Å²) in [7, 11) is 6.03. The molecule has 0 bridgehead atoms. The largest absolute Gasteiger partial charge is 0.496 e. The monoisotopic (exact) mass is 237 g/mol. The molecule has 0 aromatic heterocycles. The van der Waals surface area contributed by atoms with Crippen molar-refractivity contribution in [1.82, 2.24) is 0 Å². The highest BCUT2D eigenvalue weighted by Gasteiger charge is 2.21. The van der Waals surface area contributed by atoms with Gasteiger partial charge in [-0.2, -0.15) is 5.26 Å². The van der Waals surface area contributed by atoms with Crippen LogP contribution in [-0.2, 0) is 4.74 Å². The SMILES string of the molecule is COc1cc(OC)c(C(C#N)OC)c(OC)c1. The van der Waals surface area contributed by atoms with Crippen molar-refractivity contribution in [1.29, 1.82) is 5.26 Å². The molecule has 0 N–H and O–H groups in total. The first-order valence-corrected chi connectivity index (χ1v) is 4.94. The molecular formula is C12H15NO4. The standard InChI is InChI=1S/C12H15NO4/c1-14-8-5-9(15-2)12(10(6-8)16-3)11(7-13)17-4/h5-6,11H,1-4H3. The Labute approximate surface area is 100 Å². The Kier molecular flexibility index (Phi) is 4.61. The van der Waals surface area contributed by atoms with Crippen molar-refractivity contribution in [3.05, 3.63) is 17.7 Å². The summed E-state index contributed by atoms with van der Waals surface area (Å²) in [5.41, 5.74) is 0.556. The van der Waals surface area contributed by atoms with Crippen molar-refractivity contribution in [2.45, 2.75) is 6.10 Å². The maximum Gasteiger partial charge on any atom is 0.175 e. The third-order valence-electron chi connectivity index (χ3n) is 2.37. The molecule has 0 saturated heterocycles. The average molecular weight is 237 g/mol. The highest BCUT2D eigenvalue weighted by Crippen LogP contribution is 2.39. The first-order valence-electron chi connectivity index (χ1n) is 4.94. The van der Waals surface area contributed by atoms with Gasteiger partial charge in [0.05, 0.1) is 33.0 Å². The van der Waals surface area contributed by atoms with Gasteiger partial charge >= 0.3 is 0 Å². The molecule has 1 aromatic rings. The Morgan fingerprint density at radius 3 is 1.82 bits per heavy atom. The molecular weight excluding hydrogens is 222 g/mol. The minimum Gasteiger partial charge on any atom is -0.496 e. The number of benzene rings is 1. The van der Waals surface area contributed by atoms with Crippen molar-refractivity contribution < 1.29 is 18.9 Å². The summed E-state index contributed by atoms with van der Waals surface area (Å²) in [4.78, 5) is 0. The van der Waals surface area contributed by atoms with Crippen LogP contribution in [0.15, 0.2) is 12.1 Å². The second kappa shape index (κ2) is 5.97. The van der Waals surface area contributed by atoms with Crippen LogP contribution in [0.5, 0.6) is 17.2 Å². The molecule has 0 aliphatic rings. The lowest BCUT2D eigenvalue weighted by Gasteiger charge is -2.17. The van der Waals surface area contributed by atoms with Gasteiger partial charge in [-0.1, -0.05) is 0 Å². The van der Waals surface area contributed by atoms with Gasteiger partial charge in [0.1, 0.15) is 17.2 Å². The van der Waals surface area contributed by atoms with E-state index < -0.39 is 6.10 Å². The molecule has 1 unspecified atom stereocenters. The van der Waals surface area contributed by atoms with E-state index in [4.69, 9.17) is 24.2 Å². The maximum atomic E-state index is 9.03. The number of hydrogen-bond acceptors (Lipinski definition) is 5. The van der Waals surface area contributed by atoms with Gasteiger partial charge in [0.2, 0.25) is 0 Å². The highest BCUT2D eigenvalue weighted by atomic mass is 16.5. The predicted molar refractivity (Wildman–Crippen MR) is 61.5 cm³/mol. The van der Waals surface area contributed by atoms with E-state index in [0.29, 0.717) is 22.8 Å². The fourth-order valence-corrected chi connectivity index (χ4v) is 1.53. The van der Waals surface area contributed by atoms with E-state index in [-0.39, 0.29) is 0 Å². The number of nitriles is 1. The minimum atomic E-state index is -0.745. The summed E-state index contributed by atoms with van der Waals surface area (Å²) >= 11 is 0. The number of rotatable bonds is 5. The molecule has 1 aromatic carbocycles. The molecule has 0 heterocycles. The molecule has 17 heavy (non-hydrogen) atoms. The number of methoxy groups -OCH3 is 4. The van der Waals surface area contributed by atoms with Crippen LogP contribution in [0.25, 0.3) is 0 Å². The molecule has 0 saturated carbocycles. The van der Waals surface area contributed by atoms with Crippen molar-refractivity contribution in [2.75, 3.05) is 28.4 Å². The molecule has 0 aliphatic carbocycles. The minimum absolute atomic E-state index is 0.495. The Morgan fingerprint density at radius 1 is 1.00 bits per heavy atom. The van der Waals surface area contributed by atoms with Crippen LogP contribution in [0.3, 0.4) is 0 Å². The van der Waals surface area contributed by atoms with Crippen molar-refractivity contribution in [3.63, 3.8) is 0 Å². The average Bonchev–Trinajstić information content (AvgIpc) is 2.39. The smallest absolute Gasteiger partial charge is 0.175 e. The van der Waals surface area contributed by atoms with Gasteiger partial charge < -0.3 is 18.9 Å². The lowest BCUT2D eigenvalue weighted by atomic mass is 10.1. The fraction of sp³-hybridized carbons (Fsp3) is 0.417. The normalized spacial score (nSPS) is 11.5. The molecule has 0 aliphatic heterocycles. The Morgan fingerprint density at radius 2 is 1.53 bits per heavy atom. The number of ether oxygens (including phenoxy) is 4. The first kappa shape index (κ1) is 13.1. The summed E-state index contributed by atoms with van der Waals surface area (Å²) in [6.45, 7) is 0. The van der Waals surface area contributed by atoms with Crippen LogP contribution in [0.2, 0.25) is 0 Å². The summed E-state index contributed by atoms with van der Waals surface area (Å²) < 4.78 is 20.6. The van der Waals surface area contributed by atoms with Gasteiger partial charge in [-0.3, -0.25) is 0 Å². The van der Waals surface area contributed by atoms with Crippen molar-refractivity contribution >= 4 is 0 Å². The summed E-state index contributed by atoms with van der Waals surface area (Å²) in [5, 5.41) is 9.03. The molecule has 92 valence electrons. The zero-order valence-electron chi connectivity index (χ0n) is 10.3. The Hall–Kier alpha value is -1.93. The predicted octanol–water partition coefficient (Wildman–Crippen LogP) is 1.92. The van der Waals surface area contributed by atoms with Crippen LogP contribution in [-0.4, -0.2) is 28.4 Å². The van der Waals surface area contributed by atoms with Gasteiger partial charge in [-0.05, 0) is 0 Å². The van der Waals surface area contributed by atoms with E-state index >= 15 is 0 Å². The maximum absolute atomic E-state index is 9.03. The molecule has 1 atom stereocenters. The third kappa shape index (κ3) is 2.60. The fourth-order valence-electron chi connectivity index (χ4n) is 1.53. The third-order valence-corrected chi connectivity index (χ3v) is 2.37. The zero-order chi connectivity index (χ0) is 12.8. The van der Waals surface area contributed by atoms with E-state index in [2.05, 4.69) is 0 Å². The van der Waals surface area contributed by atoms with E-state index in [1.165, 1.54) is 21.3 Å². The van der Waals surface area contributed by atoms with E-state index in [0.717, 1.165) is 0 Å². The molecule has 0 fully saturated rings. The zero-order valence-corrected chi connectivity index (χ0v) is 10.3. The molecule has 0 radical (unpaired) electrons. The van der Waals surface area contributed by atoms with Crippen LogP contribution in [0, 0.1) is 11.3 Å². The van der Waals surface area contributed by atoms with Crippen LogP contribution < -0.4 is 14.2 Å². The van der Waals surface area contributed by atoms with Crippen molar-refractivity contribution in [3.8, 4) is 23.3 Å². The second-order valence-electron chi connectivity index (χ2n) is 3.19. The first-order chi connectivity index (χ1) is 8.21. The molecule has 1 rings (SSSR count). The van der Waals surface area contributed by atoms with Crippen LogP contribution >= 0.6 is 0 Å². The molecule has 0 amide bonds. The second-order valence-corrected chi connectivity index (χ2v) is 3.19. The molecule has 5 heteroatoms. The van der Waals surface area contributed by atoms with Crippen molar-refractivity contribution in [2.24, 2.45) is 0 Å². The van der Waals surface area contributed by atoms with E-state index in [1.54, 1.807) is 19.2 Å². The molecule has 5 nitrogen and oxygen atoms in total. The summed E-state index contributed by atoms with van der Waals surface area (Å²) in [6.07, 6.45) is -0.745. The van der Waals surface area contributed by atoms with Gasteiger partial charge in [-0.25, -0.2) is 0 Å². The lowest BCUT2D eigenvalue weighted by molar-refractivity contribution is 0.142. The summed E-state index contributed by atoms with van der Waals surface area (Å²) in [5.74, 6) is 1.58. The molecule has 0 spiro atoms. The Bertz CT molecular complexity index is 400. The van der Waals surface area contributed by atoms with E-state index in [9.17, 15) is 0 Å². The van der Waals surface area contributed by atoms with Gasteiger partial charge in [0, 0.05) is 19.2 Å². The topological polar surface area (TPSA) is 60.7 Å². The van der Waals surface area contributed by atoms with E-state index in [1.807, 2.05) is 6.07 Å². The van der Waals surface area contributed by atoms with Crippen LogP contribution in [0.1, 0.15) is 11.7 Å². The quantitative estimate of drug-likeness (QED) is 0.783.